The number of fused-ring (bicyclic) bond motifs is 1. The molecule has 0 spiro atoms. The first-order valence-electron chi connectivity index (χ1n) is 7.69. The lowest BCUT2D eigenvalue weighted by Crippen LogP contribution is -2.16. The number of carboxylic acid groups (broad SMARTS) is 1. The average molecular weight is 669 g/mol. The molecule has 0 radical (unpaired) electrons. The van der Waals surface area contributed by atoms with Gasteiger partial charge in [-0.1, -0.05) is 15.9 Å². The van der Waals surface area contributed by atoms with Gasteiger partial charge in [0.15, 0.2) is 12.4 Å². The maximum atomic E-state index is 12.2. The number of carbonyl (C=O) groups is 2. The summed E-state index contributed by atoms with van der Waals surface area (Å²) in [4.78, 5) is 22.9. The van der Waals surface area contributed by atoms with Crippen molar-refractivity contribution in [3.8, 4) is 5.75 Å². The zero-order valence-corrected chi connectivity index (χ0v) is 19.8. The summed E-state index contributed by atoms with van der Waals surface area (Å²) in [5.41, 5.74) is 3.76. The molecule has 3 rings (SSSR count). The summed E-state index contributed by atoms with van der Waals surface area (Å²) in [6.07, 6.45) is 1.49. The van der Waals surface area contributed by atoms with Gasteiger partial charge in [-0.15, -0.1) is 0 Å². The topological polar surface area (TPSA) is 101 Å². The number of aliphatic carboxylic acids is 1. The number of ether oxygens (including phenoxy) is 1. The van der Waals surface area contributed by atoms with Gasteiger partial charge in [0, 0.05) is 9.86 Å². The minimum absolute atomic E-state index is 0.159. The van der Waals surface area contributed by atoms with Gasteiger partial charge in [-0.2, -0.15) is 5.10 Å². The largest absolute Gasteiger partial charge is 0.480 e. The van der Waals surface area contributed by atoms with Crippen LogP contribution in [0.1, 0.15) is 16.1 Å². The zero-order valence-electron chi connectivity index (χ0n) is 13.9. The minimum atomic E-state index is -1.04. The molecule has 0 fully saturated rings. The highest BCUT2D eigenvalue weighted by atomic mass is 127. The Morgan fingerprint density at radius 2 is 1.93 bits per heavy atom. The van der Waals surface area contributed by atoms with E-state index in [1.54, 1.807) is 24.3 Å². The average Bonchev–Trinajstić information content (AvgIpc) is 3.04. The molecule has 10 heteroatoms. The van der Waals surface area contributed by atoms with E-state index in [1.165, 1.54) is 6.21 Å². The first-order valence-corrected chi connectivity index (χ1v) is 10.6. The summed E-state index contributed by atoms with van der Waals surface area (Å²) in [5.74, 6) is -0.850. The van der Waals surface area contributed by atoms with Crippen LogP contribution in [0.2, 0.25) is 0 Å². The Kier molecular flexibility index (Phi) is 6.93. The molecule has 144 valence electrons. The highest BCUT2D eigenvalue weighted by Crippen LogP contribution is 2.28. The van der Waals surface area contributed by atoms with Crippen molar-refractivity contribution in [1.29, 1.82) is 0 Å². The highest BCUT2D eigenvalue weighted by molar-refractivity contribution is 14.1. The standard InChI is InChI=1S/C18H11BrI2N2O5/c19-11-1-2-14-10(5-11)6-15(28-14)18(26)23-22-7-9-3-12(20)17(13(21)4-9)27-8-16(24)25/h1-7H,8H2,(H,23,26)(H,24,25)/b22-7+. The Bertz CT molecular complexity index is 1070. The fraction of sp³-hybridized carbons (Fsp3) is 0.0556. The maximum absolute atomic E-state index is 12.2. The van der Waals surface area contributed by atoms with E-state index >= 15 is 0 Å². The van der Waals surface area contributed by atoms with Crippen LogP contribution in [0.25, 0.3) is 11.0 Å². The normalized spacial score (nSPS) is 11.1. The highest BCUT2D eigenvalue weighted by Gasteiger charge is 2.12. The van der Waals surface area contributed by atoms with Gasteiger partial charge in [0.25, 0.3) is 0 Å². The molecule has 2 aromatic carbocycles. The Morgan fingerprint density at radius 3 is 2.61 bits per heavy atom. The number of carbonyl (C=O) groups excluding carboxylic acids is 1. The van der Waals surface area contributed by atoms with Gasteiger partial charge >= 0.3 is 11.9 Å². The number of hydrazone groups is 1. The van der Waals surface area contributed by atoms with E-state index in [-0.39, 0.29) is 5.76 Å². The van der Waals surface area contributed by atoms with Crippen molar-refractivity contribution in [2.24, 2.45) is 5.10 Å². The van der Waals surface area contributed by atoms with Gasteiger partial charge in [0.2, 0.25) is 0 Å². The van der Waals surface area contributed by atoms with Crippen molar-refractivity contribution in [2.75, 3.05) is 6.61 Å². The number of rotatable bonds is 6. The molecule has 0 atom stereocenters. The Hall–Kier alpha value is -1.67. The third-order valence-electron chi connectivity index (χ3n) is 3.44. The molecular formula is C18H11BrI2N2O5. The summed E-state index contributed by atoms with van der Waals surface area (Å²) in [6, 6.07) is 10.7. The molecule has 1 amide bonds. The van der Waals surface area contributed by atoms with Crippen LogP contribution in [-0.4, -0.2) is 29.8 Å². The van der Waals surface area contributed by atoms with Crippen molar-refractivity contribution >= 4 is 90.2 Å². The van der Waals surface area contributed by atoms with Crippen molar-refractivity contribution in [3.63, 3.8) is 0 Å². The van der Waals surface area contributed by atoms with E-state index in [0.717, 1.165) is 22.6 Å². The molecule has 0 unspecified atom stereocenters. The van der Waals surface area contributed by atoms with E-state index in [0.29, 0.717) is 11.3 Å². The van der Waals surface area contributed by atoms with Crippen LogP contribution in [0.4, 0.5) is 0 Å². The summed E-state index contributed by atoms with van der Waals surface area (Å²) >= 11 is 7.48. The summed E-state index contributed by atoms with van der Waals surface area (Å²) < 4.78 is 13.2. The fourth-order valence-electron chi connectivity index (χ4n) is 2.27. The third-order valence-corrected chi connectivity index (χ3v) is 5.54. The van der Waals surface area contributed by atoms with Gasteiger partial charge in [0.1, 0.15) is 11.3 Å². The molecule has 0 bridgehead atoms. The number of furan rings is 1. The van der Waals surface area contributed by atoms with E-state index in [1.807, 2.05) is 12.1 Å². The summed E-state index contributed by atoms with van der Waals surface area (Å²) in [7, 11) is 0. The van der Waals surface area contributed by atoms with Gasteiger partial charge in [-0.05, 0) is 87.1 Å². The number of nitrogens with zero attached hydrogens (tertiary/aromatic N) is 1. The lowest BCUT2D eigenvalue weighted by atomic mass is 10.2. The van der Waals surface area contributed by atoms with Crippen molar-refractivity contribution in [1.82, 2.24) is 5.43 Å². The number of carboxylic acids is 1. The predicted octanol–water partition coefficient (Wildman–Crippen LogP) is 4.63. The van der Waals surface area contributed by atoms with Crippen LogP contribution < -0.4 is 10.2 Å². The smallest absolute Gasteiger partial charge is 0.341 e. The third kappa shape index (κ3) is 5.23. The Labute approximate surface area is 194 Å². The molecular weight excluding hydrogens is 658 g/mol. The molecule has 0 saturated heterocycles. The van der Waals surface area contributed by atoms with Crippen LogP contribution in [0.15, 0.2) is 50.4 Å². The molecule has 1 heterocycles. The van der Waals surface area contributed by atoms with E-state index in [2.05, 4.69) is 71.6 Å². The van der Waals surface area contributed by atoms with Crippen molar-refractivity contribution in [2.45, 2.75) is 0 Å². The first-order chi connectivity index (χ1) is 13.3. The minimum Gasteiger partial charge on any atom is -0.480 e. The molecule has 0 saturated carbocycles. The molecule has 0 aliphatic rings. The van der Waals surface area contributed by atoms with E-state index in [9.17, 15) is 9.59 Å². The lowest BCUT2D eigenvalue weighted by Gasteiger charge is -2.09. The monoisotopic (exact) mass is 668 g/mol. The second-order valence-corrected chi connectivity index (χ2v) is 8.73. The second-order valence-electron chi connectivity index (χ2n) is 5.49. The van der Waals surface area contributed by atoms with Crippen molar-refractivity contribution < 1.29 is 23.8 Å². The molecule has 3 aromatic rings. The first kappa shape index (κ1) is 21.0. The fourth-order valence-corrected chi connectivity index (χ4v) is 4.78. The summed E-state index contributed by atoms with van der Waals surface area (Å²) in [6.45, 7) is -0.413. The molecule has 28 heavy (non-hydrogen) atoms. The van der Waals surface area contributed by atoms with Crippen LogP contribution >= 0.6 is 61.1 Å². The second kappa shape index (κ2) is 9.22. The van der Waals surface area contributed by atoms with E-state index < -0.39 is 18.5 Å². The lowest BCUT2D eigenvalue weighted by molar-refractivity contribution is -0.139. The Morgan fingerprint density at radius 1 is 1.21 bits per heavy atom. The van der Waals surface area contributed by atoms with Gasteiger partial charge in [0.05, 0.1) is 13.4 Å². The van der Waals surface area contributed by atoms with Crippen LogP contribution in [0.3, 0.4) is 0 Å². The number of amides is 1. The summed E-state index contributed by atoms with van der Waals surface area (Å²) in [5, 5.41) is 13.5. The van der Waals surface area contributed by atoms with Crippen LogP contribution in [0.5, 0.6) is 5.75 Å². The number of nitrogens with one attached hydrogen (secondary N) is 1. The molecule has 1 aromatic heterocycles. The number of benzene rings is 2. The predicted molar refractivity (Wildman–Crippen MR) is 124 cm³/mol. The van der Waals surface area contributed by atoms with Gasteiger partial charge < -0.3 is 14.3 Å². The van der Waals surface area contributed by atoms with Crippen LogP contribution in [0, 0.1) is 7.14 Å². The van der Waals surface area contributed by atoms with Gasteiger partial charge in [-0.25, -0.2) is 10.2 Å². The molecule has 0 aliphatic carbocycles. The molecule has 0 aliphatic heterocycles. The number of hydrogen-bond acceptors (Lipinski definition) is 5. The Balaban J connectivity index is 1.69. The van der Waals surface area contributed by atoms with Gasteiger partial charge in [-0.3, -0.25) is 4.79 Å². The molecule has 2 N–H and O–H groups in total. The number of halogens is 3. The number of hydrogen-bond donors (Lipinski definition) is 2. The van der Waals surface area contributed by atoms with Crippen molar-refractivity contribution in [3.05, 3.63) is 59.3 Å². The SMILES string of the molecule is O=C(O)COc1c(I)cc(/C=N/NC(=O)c2cc3cc(Br)ccc3o2)cc1I. The zero-order chi connectivity index (χ0) is 20.3. The van der Waals surface area contributed by atoms with E-state index in [4.69, 9.17) is 14.3 Å². The quantitative estimate of drug-likeness (QED) is 0.227. The molecule has 7 nitrogen and oxygen atoms in total. The maximum Gasteiger partial charge on any atom is 0.341 e. The van der Waals surface area contributed by atoms with Crippen LogP contribution in [-0.2, 0) is 4.79 Å².